The Balaban J connectivity index is 2.04. The number of aliphatic carboxylic acids is 1. The van der Waals surface area contributed by atoms with Gasteiger partial charge >= 0.3 is 5.97 Å². The topological polar surface area (TPSA) is 101 Å². The molecule has 0 fully saturated rings. The minimum absolute atomic E-state index is 0.0718. The standard InChI is InChI=1S/C15H19N5O3/c1-11(2)19(9-8-14(22)23)13(21)10-20-17-15(16-18-20)12-6-4-3-5-7-12/h3-7,11H,8-10H2,1-2H3,(H,22,23). The maximum atomic E-state index is 12.3. The third-order valence-corrected chi connectivity index (χ3v) is 3.27. The Morgan fingerprint density at radius 3 is 2.57 bits per heavy atom. The van der Waals surface area contributed by atoms with Crippen molar-refractivity contribution < 1.29 is 14.7 Å². The number of amides is 1. The van der Waals surface area contributed by atoms with Crippen LogP contribution >= 0.6 is 0 Å². The highest BCUT2D eigenvalue weighted by Crippen LogP contribution is 2.12. The van der Waals surface area contributed by atoms with Crippen LogP contribution in [0, 0.1) is 0 Å². The quantitative estimate of drug-likeness (QED) is 0.819. The number of nitrogens with zero attached hydrogens (tertiary/aromatic N) is 5. The highest BCUT2D eigenvalue weighted by atomic mass is 16.4. The molecule has 23 heavy (non-hydrogen) atoms. The van der Waals surface area contributed by atoms with Gasteiger partial charge < -0.3 is 10.0 Å². The van der Waals surface area contributed by atoms with Crippen LogP contribution in [0.3, 0.4) is 0 Å². The number of carboxylic acids is 1. The van der Waals surface area contributed by atoms with Crippen LogP contribution in [-0.4, -0.2) is 54.7 Å². The van der Waals surface area contributed by atoms with Crippen LogP contribution in [0.15, 0.2) is 30.3 Å². The SMILES string of the molecule is CC(C)N(CCC(=O)O)C(=O)Cn1nnc(-c2ccccc2)n1. The van der Waals surface area contributed by atoms with Crippen LogP contribution in [0.25, 0.3) is 11.4 Å². The van der Waals surface area contributed by atoms with Crippen molar-refractivity contribution in [1.82, 2.24) is 25.1 Å². The number of carbonyl (C=O) groups excluding carboxylic acids is 1. The molecule has 8 nitrogen and oxygen atoms in total. The van der Waals surface area contributed by atoms with Gasteiger partial charge in [-0.1, -0.05) is 30.3 Å². The molecule has 0 aliphatic carbocycles. The van der Waals surface area contributed by atoms with Crippen LogP contribution < -0.4 is 0 Å². The maximum absolute atomic E-state index is 12.3. The summed E-state index contributed by atoms with van der Waals surface area (Å²) in [5, 5.41) is 20.8. The molecule has 0 aliphatic heterocycles. The predicted octanol–water partition coefficient (Wildman–Crippen LogP) is 1.05. The summed E-state index contributed by atoms with van der Waals surface area (Å²) < 4.78 is 0. The van der Waals surface area contributed by atoms with Crippen molar-refractivity contribution >= 4 is 11.9 Å². The first-order valence-corrected chi connectivity index (χ1v) is 7.32. The zero-order valence-corrected chi connectivity index (χ0v) is 13.1. The lowest BCUT2D eigenvalue weighted by Gasteiger charge is -2.25. The molecule has 0 atom stereocenters. The number of hydrogen-bond acceptors (Lipinski definition) is 5. The van der Waals surface area contributed by atoms with Gasteiger partial charge in [0, 0.05) is 18.2 Å². The van der Waals surface area contributed by atoms with Gasteiger partial charge in [-0.25, -0.2) is 0 Å². The Labute approximate surface area is 133 Å². The van der Waals surface area contributed by atoms with Crippen LogP contribution in [0.2, 0.25) is 0 Å². The van der Waals surface area contributed by atoms with Gasteiger partial charge in [0.1, 0.15) is 6.54 Å². The van der Waals surface area contributed by atoms with Crippen LogP contribution in [0.1, 0.15) is 20.3 Å². The summed E-state index contributed by atoms with van der Waals surface area (Å²) >= 11 is 0. The second-order valence-corrected chi connectivity index (χ2v) is 5.33. The molecule has 1 aromatic heterocycles. The molecular formula is C15H19N5O3. The Kier molecular flexibility index (Phi) is 5.40. The fourth-order valence-electron chi connectivity index (χ4n) is 2.11. The Hall–Kier alpha value is -2.77. The molecule has 0 bridgehead atoms. The normalized spacial score (nSPS) is 10.7. The van der Waals surface area contributed by atoms with E-state index in [0.29, 0.717) is 5.82 Å². The van der Waals surface area contributed by atoms with Gasteiger partial charge in [0.15, 0.2) is 0 Å². The van der Waals surface area contributed by atoms with E-state index in [9.17, 15) is 9.59 Å². The monoisotopic (exact) mass is 317 g/mol. The van der Waals surface area contributed by atoms with Crippen molar-refractivity contribution in [2.75, 3.05) is 6.54 Å². The van der Waals surface area contributed by atoms with Crippen molar-refractivity contribution in [3.63, 3.8) is 0 Å². The number of carbonyl (C=O) groups is 2. The average Bonchev–Trinajstić information content (AvgIpc) is 2.96. The molecule has 0 saturated heterocycles. The van der Waals surface area contributed by atoms with E-state index in [2.05, 4.69) is 15.4 Å². The van der Waals surface area contributed by atoms with Crippen LogP contribution in [-0.2, 0) is 16.1 Å². The molecule has 8 heteroatoms. The predicted molar refractivity (Wildman–Crippen MR) is 82.4 cm³/mol. The third-order valence-electron chi connectivity index (χ3n) is 3.27. The number of carboxylic acid groups (broad SMARTS) is 1. The number of hydrogen-bond donors (Lipinski definition) is 1. The highest BCUT2D eigenvalue weighted by molar-refractivity contribution is 5.77. The first-order chi connectivity index (χ1) is 11.0. The molecule has 0 saturated carbocycles. The largest absolute Gasteiger partial charge is 0.481 e. The lowest BCUT2D eigenvalue weighted by Crippen LogP contribution is -2.40. The van der Waals surface area contributed by atoms with Gasteiger partial charge in [-0.05, 0) is 19.1 Å². The molecular weight excluding hydrogens is 298 g/mol. The van der Waals surface area contributed by atoms with Gasteiger partial charge in [-0.15, -0.1) is 10.2 Å². The van der Waals surface area contributed by atoms with E-state index >= 15 is 0 Å². The zero-order chi connectivity index (χ0) is 16.8. The Morgan fingerprint density at radius 2 is 1.96 bits per heavy atom. The first kappa shape index (κ1) is 16.6. The molecule has 0 aliphatic rings. The molecule has 1 N–H and O–H groups in total. The average molecular weight is 317 g/mol. The van der Waals surface area contributed by atoms with Crippen LogP contribution in [0.5, 0.6) is 0 Å². The third kappa shape index (κ3) is 4.60. The molecule has 122 valence electrons. The number of rotatable bonds is 7. The second kappa shape index (κ2) is 7.48. The Bertz CT molecular complexity index is 669. The smallest absolute Gasteiger partial charge is 0.305 e. The molecule has 0 spiro atoms. The van der Waals surface area contributed by atoms with Gasteiger partial charge in [-0.3, -0.25) is 9.59 Å². The van der Waals surface area contributed by atoms with Gasteiger partial charge in [0.05, 0.1) is 6.42 Å². The molecule has 0 unspecified atom stereocenters. The number of benzene rings is 1. The van der Waals surface area contributed by atoms with E-state index in [1.54, 1.807) is 0 Å². The first-order valence-electron chi connectivity index (χ1n) is 7.32. The summed E-state index contributed by atoms with van der Waals surface area (Å²) in [6, 6.07) is 9.24. The van der Waals surface area contributed by atoms with Gasteiger partial charge in [0.2, 0.25) is 11.7 Å². The molecule has 1 aromatic carbocycles. The summed E-state index contributed by atoms with van der Waals surface area (Å²) in [6.07, 6.45) is -0.0933. The highest BCUT2D eigenvalue weighted by Gasteiger charge is 2.19. The van der Waals surface area contributed by atoms with Crippen molar-refractivity contribution in [3.05, 3.63) is 30.3 Å². The molecule has 2 rings (SSSR count). The summed E-state index contributed by atoms with van der Waals surface area (Å²) in [6.45, 7) is 3.76. The van der Waals surface area contributed by atoms with Gasteiger partial charge in [-0.2, -0.15) is 4.80 Å². The minimum atomic E-state index is -0.936. The van der Waals surface area contributed by atoms with E-state index in [4.69, 9.17) is 5.11 Å². The van der Waals surface area contributed by atoms with E-state index in [1.807, 2.05) is 44.2 Å². The number of tetrazole rings is 1. The summed E-state index contributed by atoms with van der Waals surface area (Å²) in [5.41, 5.74) is 0.817. The van der Waals surface area contributed by atoms with E-state index in [0.717, 1.165) is 5.56 Å². The van der Waals surface area contributed by atoms with E-state index in [1.165, 1.54) is 9.70 Å². The number of aromatic nitrogens is 4. The fourth-order valence-corrected chi connectivity index (χ4v) is 2.11. The summed E-state index contributed by atoms with van der Waals surface area (Å²) in [5.74, 6) is -0.730. The second-order valence-electron chi connectivity index (χ2n) is 5.33. The summed E-state index contributed by atoms with van der Waals surface area (Å²) in [4.78, 5) is 25.7. The van der Waals surface area contributed by atoms with E-state index in [-0.39, 0.29) is 31.5 Å². The van der Waals surface area contributed by atoms with Crippen molar-refractivity contribution in [2.24, 2.45) is 0 Å². The van der Waals surface area contributed by atoms with Crippen LogP contribution in [0.4, 0.5) is 0 Å². The van der Waals surface area contributed by atoms with Crippen molar-refractivity contribution in [3.8, 4) is 11.4 Å². The lowest BCUT2D eigenvalue weighted by atomic mass is 10.2. The van der Waals surface area contributed by atoms with Crippen molar-refractivity contribution in [1.29, 1.82) is 0 Å². The molecule has 0 radical (unpaired) electrons. The molecule has 2 aromatic rings. The maximum Gasteiger partial charge on any atom is 0.305 e. The van der Waals surface area contributed by atoms with Gasteiger partial charge in [0.25, 0.3) is 0 Å². The van der Waals surface area contributed by atoms with E-state index < -0.39 is 5.97 Å². The lowest BCUT2D eigenvalue weighted by molar-refractivity contribution is -0.139. The Morgan fingerprint density at radius 1 is 1.26 bits per heavy atom. The summed E-state index contributed by atoms with van der Waals surface area (Å²) in [7, 11) is 0. The zero-order valence-electron chi connectivity index (χ0n) is 13.1. The molecule has 1 heterocycles. The fraction of sp³-hybridized carbons (Fsp3) is 0.400. The molecule has 1 amide bonds. The minimum Gasteiger partial charge on any atom is -0.481 e. The van der Waals surface area contributed by atoms with Crippen molar-refractivity contribution in [2.45, 2.75) is 32.9 Å².